The van der Waals surface area contributed by atoms with Crippen LogP contribution in [-0.2, 0) is 16.5 Å². The fraction of sp³-hybridized carbons (Fsp3) is 0.400. The van der Waals surface area contributed by atoms with Crippen molar-refractivity contribution >= 4 is 10.1 Å². The Kier molecular flexibility index (Phi) is 2.54. The number of fused-ring (bicyclic) bond motifs is 1. The van der Waals surface area contributed by atoms with Gasteiger partial charge in [-0.1, -0.05) is 12.1 Å². The quantitative estimate of drug-likeness (QED) is 0.708. The van der Waals surface area contributed by atoms with Crippen LogP contribution < -0.4 is 5.73 Å². The highest BCUT2D eigenvalue weighted by molar-refractivity contribution is 7.85. The topological polar surface area (TPSA) is 80.4 Å². The smallest absolute Gasteiger partial charge is 0.294 e. The normalized spacial score (nSPS) is 21.1. The average Bonchev–Trinajstić information content (AvgIpc) is 2.16. The molecule has 0 saturated carbocycles. The van der Waals surface area contributed by atoms with Crippen molar-refractivity contribution < 1.29 is 13.0 Å². The van der Waals surface area contributed by atoms with Crippen LogP contribution in [0.3, 0.4) is 0 Å². The van der Waals surface area contributed by atoms with Crippen molar-refractivity contribution in [1.82, 2.24) is 0 Å². The summed E-state index contributed by atoms with van der Waals surface area (Å²) in [5, 5.41) is 0. The van der Waals surface area contributed by atoms with Gasteiger partial charge < -0.3 is 5.73 Å². The van der Waals surface area contributed by atoms with E-state index in [-0.39, 0.29) is 10.9 Å². The van der Waals surface area contributed by atoms with Gasteiger partial charge in [0.2, 0.25) is 0 Å². The van der Waals surface area contributed by atoms with E-state index in [1.807, 2.05) is 6.07 Å². The SMILES string of the molecule is NC1CCCc2c1cccc2S(=O)(=O)O. The maximum atomic E-state index is 11.1. The highest BCUT2D eigenvalue weighted by Gasteiger charge is 2.23. The number of hydrogen-bond donors (Lipinski definition) is 2. The van der Waals surface area contributed by atoms with Crippen LogP contribution in [0.25, 0.3) is 0 Å². The number of hydrogen-bond acceptors (Lipinski definition) is 3. The summed E-state index contributed by atoms with van der Waals surface area (Å²) in [5.74, 6) is 0. The molecule has 5 heteroatoms. The van der Waals surface area contributed by atoms with Crippen molar-refractivity contribution in [3.05, 3.63) is 29.3 Å². The molecule has 1 aromatic rings. The molecule has 1 atom stereocenters. The second-order valence-electron chi connectivity index (χ2n) is 3.80. The van der Waals surface area contributed by atoms with E-state index in [2.05, 4.69) is 0 Å². The Morgan fingerprint density at radius 3 is 2.80 bits per heavy atom. The predicted molar refractivity (Wildman–Crippen MR) is 56.1 cm³/mol. The van der Waals surface area contributed by atoms with E-state index in [0.717, 1.165) is 18.4 Å². The van der Waals surface area contributed by atoms with Crippen molar-refractivity contribution in [3.8, 4) is 0 Å². The molecule has 0 heterocycles. The first kappa shape index (κ1) is 10.6. The zero-order valence-electron chi connectivity index (χ0n) is 8.18. The number of rotatable bonds is 1. The summed E-state index contributed by atoms with van der Waals surface area (Å²) in [6, 6.07) is 4.75. The second-order valence-corrected chi connectivity index (χ2v) is 5.19. The van der Waals surface area contributed by atoms with Gasteiger partial charge in [-0.15, -0.1) is 0 Å². The largest absolute Gasteiger partial charge is 0.324 e. The molecule has 0 fully saturated rings. The van der Waals surface area contributed by atoms with Gasteiger partial charge in [-0.3, -0.25) is 4.55 Å². The molecule has 0 amide bonds. The van der Waals surface area contributed by atoms with Crippen LogP contribution >= 0.6 is 0 Å². The van der Waals surface area contributed by atoms with Crippen LogP contribution in [0.15, 0.2) is 23.1 Å². The standard InChI is InChI=1S/C10H13NO3S/c11-9-5-1-4-8-7(9)3-2-6-10(8)15(12,13)14/h2-3,6,9H,1,4-5,11H2,(H,12,13,14). The fourth-order valence-electron chi connectivity index (χ4n) is 2.09. The Bertz CT molecular complexity index is 481. The number of nitrogens with two attached hydrogens (primary N) is 1. The van der Waals surface area contributed by atoms with Crippen LogP contribution in [0, 0.1) is 0 Å². The molecule has 82 valence electrons. The van der Waals surface area contributed by atoms with E-state index in [4.69, 9.17) is 10.3 Å². The molecule has 1 unspecified atom stereocenters. The van der Waals surface area contributed by atoms with Gasteiger partial charge in [-0.25, -0.2) is 0 Å². The lowest BCUT2D eigenvalue weighted by atomic mass is 9.88. The van der Waals surface area contributed by atoms with Gasteiger partial charge in [-0.2, -0.15) is 8.42 Å². The van der Waals surface area contributed by atoms with Crippen LogP contribution in [0.5, 0.6) is 0 Å². The summed E-state index contributed by atoms with van der Waals surface area (Å²) in [4.78, 5) is 0.00940. The van der Waals surface area contributed by atoms with Gasteiger partial charge in [-0.05, 0) is 36.5 Å². The first-order valence-electron chi connectivity index (χ1n) is 4.85. The average molecular weight is 227 g/mol. The lowest BCUT2D eigenvalue weighted by molar-refractivity contribution is 0.479. The summed E-state index contributed by atoms with van der Waals surface area (Å²) >= 11 is 0. The van der Waals surface area contributed by atoms with Gasteiger partial charge in [0.15, 0.2) is 0 Å². The molecule has 2 rings (SSSR count). The van der Waals surface area contributed by atoms with Gasteiger partial charge in [0.05, 0.1) is 4.90 Å². The molecule has 0 bridgehead atoms. The molecule has 1 aliphatic rings. The van der Waals surface area contributed by atoms with Crippen LogP contribution in [0.2, 0.25) is 0 Å². The molecule has 0 aromatic heterocycles. The molecule has 4 nitrogen and oxygen atoms in total. The molecular formula is C10H13NO3S. The third-order valence-corrected chi connectivity index (χ3v) is 3.73. The highest BCUT2D eigenvalue weighted by Crippen LogP contribution is 2.31. The minimum atomic E-state index is -4.12. The first-order chi connectivity index (χ1) is 7.00. The molecule has 0 aliphatic heterocycles. The lowest BCUT2D eigenvalue weighted by Crippen LogP contribution is -2.19. The molecule has 15 heavy (non-hydrogen) atoms. The van der Waals surface area contributed by atoms with E-state index in [9.17, 15) is 8.42 Å². The monoisotopic (exact) mass is 227 g/mol. The van der Waals surface area contributed by atoms with Crippen LogP contribution in [0.1, 0.15) is 30.0 Å². The van der Waals surface area contributed by atoms with Crippen molar-refractivity contribution in [3.63, 3.8) is 0 Å². The predicted octanol–water partition coefficient (Wildman–Crippen LogP) is 1.27. The Balaban J connectivity index is 2.65. The van der Waals surface area contributed by atoms with Crippen molar-refractivity contribution in [2.75, 3.05) is 0 Å². The minimum absolute atomic E-state index is 0.00940. The summed E-state index contributed by atoms with van der Waals surface area (Å²) in [6.07, 6.45) is 2.39. The molecule has 1 aromatic carbocycles. The van der Waals surface area contributed by atoms with Crippen LogP contribution in [-0.4, -0.2) is 13.0 Å². The molecule has 0 radical (unpaired) electrons. The summed E-state index contributed by atoms with van der Waals surface area (Å²) in [6.45, 7) is 0. The minimum Gasteiger partial charge on any atom is -0.324 e. The van der Waals surface area contributed by atoms with E-state index < -0.39 is 10.1 Å². The van der Waals surface area contributed by atoms with Gasteiger partial charge >= 0.3 is 0 Å². The van der Waals surface area contributed by atoms with Crippen molar-refractivity contribution in [2.45, 2.75) is 30.2 Å². The number of benzene rings is 1. The van der Waals surface area contributed by atoms with Crippen molar-refractivity contribution in [1.29, 1.82) is 0 Å². The lowest BCUT2D eigenvalue weighted by Gasteiger charge is -2.23. The molecule has 0 saturated heterocycles. The van der Waals surface area contributed by atoms with E-state index in [1.54, 1.807) is 6.07 Å². The van der Waals surface area contributed by atoms with Gasteiger partial charge in [0, 0.05) is 6.04 Å². The Labute approximate surface area is 88.9 Å². The second kappa shape index (κ2) is 3.59. The van der Waals surface area contributed by atoms with E-state index >= 15 is 0 Å². The van der Waals surface area contributed by atoms with E-state index in [0.29, 0.717) is 12.0 Å². The third kappa shape index (κ3) is 1.90. The molecular weight excluding hydrogens is 214 g/mol. The maximum absolute atomic E-state index is 11.1. The Morgan fingerprint density at radius 1 is 1.40 bits per heavy atom. The zero-order valence-corrected chi connectivity index (χ0v) is 9.00. The van der Waals surface area contributed by atoms with Crippen molar-refractivity contribution in [2.24, 2.45) is 5.73 Å². The zero-order chi connectivity index (χ0) is 11.1. The summed E-state index contributed by atoms with van der Waals surface area (Å²) in [5.41, 5.74) is 7.41. The van der Waals surface area contributed by atoms with Gasteiger partial charge in [0.25, 0.3) is 10.1 Å². The third-order valence-electron chi connectivity index (χ3n) is 2.79. The first-order valence-corrected chi connectivity index (χ1v) is 6.29. The highest BCUT2D eigenvalue weighted by atomic mass is 32.2. The Morgan fingerprint density at radius 2 is 2.13 bits per heavy atom. The van der Waals surface area contributed by atoms with Crippen LogP contribution in [0.4, 0.5) is 0 Å². The Hall–Kier alpha value is -0.910. The van der Waals surface area contributed by atoms with E-state index in [1.165, 1.54) is 6.07 Å². The molecule has 1 aliphatic carbocycles. The maximum Gasteiger partial charge on any atom is 0.294 e. The summed E-state index contributed by atoms with van der Waals surface area (Å²) < 4.78 is 31.3. The fourth-order valence-corrected chi connectivity index (χ4v) is 2.88. The molecule has 3 N–H and O–H groups in total. The summed E-state index contributed by atoms with van der Waals surface area (Å²) in [7, 11) is -4.12. The van der Waals surface area contributed by atoms with Gasteiger partial charge in [0.1, 0.15) is 0 Å². The molecule has 0 spiro atoms.